The molecule has 0 aromatic carbocycles. The zero-order chi connectivity index (χ0) is 11.3. The normalized spacial score (nSPS) is 18.9. The lowest BCUT2D eigenvalue weighted by Gasteiger charge is -2.06. The zero-order valence-electron chi connectivity index (χ0n) is 8.64. The van der Waals surface area contributed by atoms with E-state index >= 15 is 0 Å². The Morgan fingerprint density at radius 1 is 1.50 bits per heavy atom. The number of pyridine rings is 1. The predicted octanol–water partition coefficient (Wildman–Crippen LogP) is 0.221. The molecule has 1 aliphatic rings. The number of rotatable bonds is 0. The Morgan fingerprint density at radius 3 is 3.12 bits per heavy atom. The fraction of sp³-hybridized carbons (Fsp3) is 0.300. The molecule has 16 heavy (non-hydrogen) atoms. The summed E-state index contributed by atoms with van der Waals surface area (Å²) >= 11 is 0. The number of aromatic nitrogens is 3. The number of fused-ring (bicyclic) bond motifs is 1. The van der Waals surface area contributed by atoms with E-state index in [-0.39, 0.29) is 5.56 Å². The van der Waals surface area contributed by atoms with Crippen molar-refractivity contribution in [2.75, 3.05) is 5.75 Å². The highest BCUT2D eigenvalue weighted by Crippen LogP contribution is 2.15. The summed E-state index contributed by atoms with van der Waals surface area (Å²) in [5, 5.41) is 1.14. The third-order valence-electron chi connectivity index (χ3n) is 2.69. The number of aryl methyl sites for hydroxylation is 2. The molecule has 0 saturated heterocycles. The number of nitrogens with zero attached hydrogens (tertiary/aromatic N) is 3. The van der Waals surface area contributed by atoms with E-state index in [2.05, 4.69) is 9.97 Å². The molecule has 1 aliphatic heterocycles. The maximum absolute atomic E-state index is 11.9. The Labute approximate surface area is 93.6 Å². The van der Waals surface area contributed by atoms with Crippen LogP contribution in [0, 0.1) is 6.92 Å². The van der Waals surface area contributed by atoms with Gasteiger partial charge < -0.3 is 0 Å². The van der Waals surface area contributed by atoms with Crippen molar-refractivity contribution >= 4 is 21.8 Å². The number of hydrogen-bond donors (Lipinski definition) is 0. The lowest BCUT2D eigenvalue weighted by atomic mass is 10.2. The summed E-state index contributed by atoms with van der Waals surface area (Å²) in [7, 11) is -1.20. The third kappa shape index (κ3) is 1.23. The van der Waals surface area contributed by atoms with Crippen molar-refractivity contribution in [3.05, 3.63) is 28.2 Å². The molecular weight excluding hydrogens is 226 g/mol. The Hall–Kier alpha value is -1.56. The minimum absolute atomic E-state index is 0.0592. The highest BCUT2D eigenvalue weighted by Gasteiger charge is 2.17. The molecule has 0 radical (unpaired) electrons. The van der Waals surface area contributed by atoms with Crippen molar-refractivity contribution in [2.24, 2.45) is 0 Å². The first-order valence-corrected chi connectivity index (χ1v) is 6.24. The van der Waals surface area contributed by atoms with Crippen molar-refractivity contribution in [2.45, 2.75) is 18.6 Å². The van der Waals surface area contributed by atoms with Gasteiger partial charge in [-0.25, -0.2) is 9.97 Å². The fourth-order valence-corrected chi connectivity index (χ4v) is 2.76. The SMILES string of the molecule is Cc1cc2cnc3nc2n(c1=O)CCS3=O. The molecule has 0 spiro atoms. The largest absolute Gasteiger partial charge is 0.291 e. The molecular formula is C10H9N3O2S. The van der Waals surface area contributed by atoms with Gasteiger partial charge in [0.2, 0.25) is 5.16 Å². The highest BCUT2D eigenvalue weighted by molar-refractivity contribution is 7.84. The van der Waals surface area contributed by atoms with Crippen LogP contribution in [-0.4, -0.2) is 24.5 Å². The van der Waals surface area contributed by atoms with Gasteiger partial charge in [-0.15, -0.1) is 0 Å². The van der Waals surface area contributed by atoms with E-state index in [1.165, 1.54) is 0 Å². The molecule has 0 N–H and O–H groups in total. The Morgan fingerprint density at radius 2 is 2.31 bits per heavy atom. The van der Waals surface area contributed by atoms with Gasteiger partial charge in [0.15, 0.2) is 0 Å². The summed E-state index contributed by atoms with van der Waals surface area (Å²) in [6.45, 7) is 2.20. The monoisotopic (exact) mass is 235 g/mol. The van der Waals surface area contributed by atoms with Crippen LogP contribution in [0.3, 0.4) is 0 Å². The molecule has 5 nitrogen and oxygen atoms in total. The Balaban J connectivity index is 2.51. The molecule has 3 rings (SSSR count). The first kappa shape index (κ1) is 9.65. The van der Waals surface area contributed by atoms with Crippen LogP contribution in [0.25, 0.3) is 11.0 Å². The molecule has 1 atom stereocenters. The first-order valence-electron chi connectivity index (χ1n) is 4.92. The third-order valence-corrected chi connectivity index (χ3v) is 3.85. The minimum Gasteiger partial charge on any atom is -0.291 e. The summed E-state index contributed by atoms with van der Waals surface area (Å²) in [6, 6.07) is 1.77. The van der Waals surface area contributed by atoms with E-state index in [0.717, 1.165) is 5.39 Å². The van der Waals surface area contributed by atoms with Gasteiger partial charge in [-0.3, -0.25) is 13.6 Å². The summed E-state index contributed by atoms with van der Waals surface area (Å²) in [4.78, 5) is 20.2. The van der Waals surface area contributed by atoms with Crippen molar-refractivity contribution in [3.8, 4) is 0 Å². The summed E-state index contributed by atoms with van der Waals surface area (Å²) in [5.41, 5.74) is 1.19. The molecule has 1 unspecified atom stereocenters. The van der Waals surface area contributed by atoms with Gasteiger partial charge in [-0.05, 0) is 13.0 Å². The van der Waals surface area contributed by atoms with Crippen LogP contribution in [-0.2, 0) is 17.3 Å². The molecule has 2 bridgehead atoms. The smallest absolute Gasteiger partial charge is 0.255 e. The summed E-state index contributed by atoms with van der Waals surface area (Å²) in [6.07, 6.45) is 1.63. The van der Waals surface area contributed by atoms with Gasteiger partial charge in [0.25, 0.3) is 5.56 Å². The van der Waals surface area contributed by atoms with Crippen molar-refractivity contribution in [1.29, 1.82) is 0 Å². The highest BCUT2D eigenvalue weighted by atomic mass is 32.2. The van der Waals surface area contributed by atoms with E-state index in [1.54, 1.807) is 23.8 Å². The van der Waals surface area contributed by atoms with E-state index < -0.39 is 10.8 Å². The standard InChI is InChI=1S/C10H9N3O2S/c1-6-4-7-5-11-10-12-8(7)13(9(6)14)2-3-16(10)15/h4-5H,2-3H2,1H3. The summed E-state index contributed by atoms with van der Waals surface area (Å²) < 4.78 is 13.3. The topological polar surface area (TPSA) is 64.8 Å². The van der Waals surface area contributed by atoms with Gasteiger partial charge in [0.05, 0.1) is 10.8 Å². The molecule has 0 saturated carbocycles. The van der Waals surface area contributed by atoms with Crippen molar-refractivity contribution in [1.82, 2.24) is 14.5 Å². The van der Waals surface area contributed by atoms with Crippen molar-refractivity contribution in [3.63, 3.8) is 0 Å². The minimum atomic E-state index is -1.20. The zero-order valence-corrected chi connectivity index (χ0v) is 9.45. The van der Waals surface area contributed by atoms with Gasteiger partial charge in [-0.2, -0.15) is 0 Å². The van der Waals surface area contributed by atoms with E-state index in [9.17, 15) is 9.00 Å². The van der Waals surface area contributed by atoms with Crippen LogP contribution >= 0.6 is 0 Å². The second-order valence-electron chi connectivity index (χ2n) is 3.77. The van der Waals surface area contributed by atoms with Gasteiger partial charge in [0, 0.05) is 29.4 Å². The van der Waals surface area contributed by atoms with E-state index in [4.69, 9.17) is 0 Å². The van der Waals surface area contributed by atoms with Crippen LogP contribution in [0.2, 0.25) is 0 Å². The Bertz CT molecular complexity index is 678. The van der Waals surface area contributed by atoms with Gasteiger partial charge >= 0.3 is 0 Å². The maximum Gasteiger partial charge on any atom is 0.255 e. The molecule has 2 aromatic rings. The second kappa shape index (κ2) is 3.21. The average molecular weight is 235 g/mol. The lowest BCUT2D eigenvalue weighted by molar-refractivity contribution is 0.672. The second-order valence-corrected chi connectivity index (χ2v) is 5.23. The van der Waals surface area contributed by atoms with Crippen LogP contribution in [0.4, 0.5) is 0 Å². The van der Waals surface area contributed by atoms with Crippen LogP contribution in [0.5, 0.6) is 0 Å². The molecule has 82 valence electrons. The summed E-state index contributed by atoms with van der Waals surface area (Å²) in [5.74, 6) is 0.395. The predicted molar refractivity (Wildman–Crippen MR) is 59.8 cm³/mol. The van der Waals surface area contributed by atoms with Gasteiger partial charge in [0.1, 0.15) is 5.65 Å². The Kier molecular flexibility index (Phi) is 1.94. The first-order chi connectivity index (χ1) is 7.66. The van der Waals surface area contributed by atoms with Crippen LogP contribution in [0.1, 0.15) is 5.56 Å². The number of hydrogen-bond acceptors (Lipinski definition) is 4. The molecule has 0 amide bonds. The van der Waals surface area contributed by atoms with E-state index in [0.29, 0.717) is 28.7 Å². The fourth-order valence-electron chi connectivity index (χ4n) is 1.87. The van der Waals surface area contributed by atoms with Crippen LogP contribution < -0.4 is 5.56 Å². The lowest BCUT2D eigenvalue weighted by Crippen LogP contribution is -2.23. The average Bonchev–Trinajstić information content (AvgIpc) is 2.41. The van der Waals surface area contributed by atoms with Gasteiger partial charge in [-0.1, -0.05) is 0 Å². The molecule has 2 aromatic heterocycles. The van der Waals surface area contributed by atoms with Crippen molar-refractivity contribution < 1.29 is 4.21 Å². The molecule has 0 fully saturated rings. The molecule has 6 heteroatoms. The maximum atomic E-state index is 11.9. The van der Waals surface area contributed by atoms with E-state index in [1.807, 2.05) is 0 Å². The molecule has 3 heterocycles. The molecule has 0 aliphatic carbocycles. The van der Waals surface area contributed by atoms with Crippen LogP contribution in [0.15, 0.2) is 22.2 Å². The quantitative estimate of drug-likeness (QED) is 0.613.